The van der Waals surface area contributed by atoms with E-state index < -0.39 is 4.92 Å². The Morgan fingerprint density at radius 1 is 1.57 bits per heavy atom. The van der Waals surface area contributed by atoms with Crippen LogP contribution in [-0.2, 0) is 0 Å². The van der Waals surface area contributed by atoms with Crippen LogP contribution in [-0.4, -0.2) is 10.0 Å². The molecule has 0 bridgehead atoms. The van der Waals surface area contributed by atoms with Gasteiger partial charge in [0.2, 0.25) is 5.75 Å². The van der Waals surface area contributed by atoms with Crippen LogP contribution in [0.4, 0.5) is 5.69 Å². The van der Waals surface area contributed by atoms with Crippen molar-refractivity contribution >= 4 is 39.7 Å². The third kappa shape index (κ3) is 1.23. The summed E-state index contributed by atoms with van der Waals surface area (Å²) in [6.07, 6.45) is 0. The molecule has 72 valence electrons. The minimum atomic E-state index is -0.619. The standard InChI is InChI=1S/C8H5NO3S2/c10-7-4-1-2-14-8(4)6(13)3-5(7)9(11)12/h1-3,10,13H. The molecule has 0 amide bonds. The van der Waals surface area contributed by atoms with Crippen LogP contribution < -0.4 is 0 Å². The molecule has 1 N–H and O–H groups in total. The zero-order valence-corrected chi connectivity index (χ0v) is 8.51. The van der Waals surface area contributed by atoms with Crippen LogP contribution in [0.3, 0.4) is 0 Å². The Morgan fingerprint density at radius 2 is 2.29 bits per heavy atom. The zero-order chi connectivity index (χ0) is 10.3. The van der Waals surface area contributed by atoms with Crippen molar-refractivity contribution in [1.29, 1.82) is 0 Å². The van der Waals surface area contributed by atoms with Gasteiger partial charge in [0.25, 0.3) is 0 Å². The first-order chi connectivity index (χ1) is 6.61. The number of fused-ring (bicyclic) bond motifs is 1. The van der Waals surface area contributed by atoms with Gasteiger partial charge in [-0.3, -0.25) is 10.1 Å². The number of rotatable bonds is 1. The molecule has 0 spiro atoms. The molecular weight excluding hydrogens is 222 g/mol. The molecule has 0 aliphatic carbocycles. The van der Waals surface area contributed by atoms with Crippen molar-refractivity contribution in [1.82, 2.24) is 0 Å². The van der Waals surface area contributed by atoms with Gasteiger partial charge in [-0.05, 0) is 11.4 Å². The van der Waals surface area contributed by atoms with Crippen LogP contribution in [0.1, 0.15) is 0 Å². The lowest BCUT2D eigenvalue weighted by Gasteiger charge is -1.99. The van der Waals surface area contributed by atoms with E-state index in [1.165, 1.54) is 17.4 Å². The number of thiol groups is 1. The third-order valence-electron chi connectivity index (χ3n) is 1.87. The van der Waals surface area contributed by atoms with Crippen molar-refractivity contribution < 1.29 is 10.0 Å². The molecule has 1 aromatic carbocycles. The van der Waals surface area contributed by atoms with E-state index in [9.17, 15) is 15.2 Å². The molecule has 2 rings (SSSR count). The predicted octanol–water partition coefficient (Wildman–Crippen LogP) is 2.80. The first kappa shape index (κ1) is 9.29. The first-order valence-electron chi connectivity index (χ1n) is 3.68. The van der Waals surface area contributed by atoms with Crippen LogP contribution in [0.15, 0.2) is 22.4 Å². The number of nitro benzene ring substituents is 1. The van der Waals surface area contributed by atoms with Crippen molar-refractivity contribution in [2.75, 3.05) is 0 Å². The van der Waals surface area contributed by atoms with E-state index >= 15 is 0 Å². The highest BCUT2D eigenvalue weighted by atomic mass is 32.1. The quantitative estimate of drug-likeness (QED) is 0.447. The molecule has 0 saturated carbocycles. The van der Waals surface area contributed by atoms with Gasteiger partial charge < -0.3 is 5.11 Å². The van der Waals surface area contributed by atoms with Gasteiger partial charge in [-0.15, -0.1) is 24.0 Å². The molecule has 0 aliphatic rings. The van der Waals surface area contributed by atoms with Crippen molar-refractivity contribution in [2.24, 2.45) is 0 Å². The fourth-order valence-corrected chi connectivity index (χ4v) is 2.45. The molecule has 0 saturated heterocycles. The van der Waals surface area contributed by atoms with Crippen molar-refractivity contribution in [3.8, 4) is 5.75 Å². The molecule has 4 nitrogen and oxygen atoms in total. The maximum atomic E-state index is 10.6. The molecular formula is C8H5NO3S2. The molecule has 1 aromatic heterocycles. The summed E-state index contributed by atoms with van der Waals surface area (Å²) in [4.78, 5) is 10.4. The van der Waals surface area contributed by atoms with Crippen LogP contribution in [0, 0.1) is 10.1 Å². The van der Waals surface area contributed by atoms with Gasteiger partial charge in [0.05, 0.1) is 9.62 Å². The van der Waals surface area contributed by atoms with Crippen LogP contribution >= 0.6 is 24.0 Å². The van der Waals surface area contributed by atoms with E-state index in [0.717, 1.165) is 4.70 Å². The molecule has 0 atom stereocenters. The second-order valence-corrected chi connectivity index (χ2v) is 4.08. The van der Waals surface area contributed by atoms with Gasteiger partial charge in [-0.2, -0.15) is 0 Å². The van der Waals surface area contributed by atoms with Gasteiger partial charge in [0, 0.05) is 16.3 Å². The van der Waals surface area contributed by atoms with E-state index in [0.29, 0.717) is 10.3 Å². The molecule has 0 fully saturated rings. The second kappa shape index (κ2) is 3.14. The van der Waals surface area contributed by atoms with Crippen LogP contribution in [0.5, 0.6) is 5.75 Å². The predicted molar refractivity (Wildman–Crippen MR) is 57.4 cm³/mol. The van der Waals surface area contributed by atoms with E-state index in [1.54, 1.807) is 11.4 Å². The largest absolute Gasteiger partial charge is 0.502 e. The normalized spacial score (nSPS) is 10.6. The lowest BCUT2D eigenvalue weighted by Crippen LogP contribution is -1.88. The number of benzene rings is 1. The summed E-state index contributed by atoms with van der Waals surface area (Å²) in [5, 5.41) is 22.4. The molecule has 0 aliphatic heterocycles. The Bertz CT molecular complexity index is 521. The molecule has 0 unspecified atom stereocenters. The molecule has 1 heterocycles. The summed E-state index contributed by atoms with van der Waals surface area (Å²) in [6.45, 7) is 0. The van der Waals surface area contributed by atoms with Crippen LogP contribution in [0.2, 0.25) is 0 Å². The molecule has 2 aromatic rings. The Hall–Kier alpha value is -1.27. The van der Waals surface area contributed by atoms with Gasteiger partial charge in [0.1, 0.15) is 0 Å². The van der Waals surface area contributed by atoms with Crippen molar-refractivity contribution in [3.63, 3.8) is 0 Å². The molecule has 14 heavy (non-hydrogen) atoms. The van der Waals surface area contributed by atoms with Gasteiger partial charge in [-0.1, -0.05) is 0 Å². The molecule has 0 radical (unpaired) electrons. The SMILES string of the molecule is O=[N+]([O-])c1cc(S)c2sccc2c1O. The second-order valence-electron chi connectivity index (χ2n) is 2.68. The molecule has 6 heteroatoms. The lowest BCUT2D eigenvalue weighted by atomic mass is 10.2. The first-order valence-corrected chi connectivity index (χ1v) is 5.00. The van der Waals surface area contributed by atoms with Gasteiger partial charge in [-0.25, -0.2) is 0 Å². The Kier molecular flexibility index (Phi) is 2.09. The highest BCUT2D eigenvalue weighted by molar-refractivity contribution is 7.80. The van der Waals surface area contributed by atoms with E-state index in [4.69, 9.17) is 0 Å². The zero-order valence-electron chi connectivity index (χ0n) is 6.80. The van der Waals surface area contributed by atoms with Crippen molar-refractivity contribution in [3.05, 3.63) is 27.6 Å². The number of nitrogens with zero attached hydrogens (tertiary/aromatic N) is 1. The highest BCUT2D eigenvalue weighted by Gasteiger charge is 2.18. The number of phenols is 1. The monoisotopic (exact) mass is 227 g/mol. The maximum absolute atomic E-state index is 10.6. The highest BCUT2D eigenvalue weighted by Crippen LogP contribution is 2.40. The number of thiophene rings is 1. The summed E-state index contributed by atoms with van der Waals surface area (Å²) in [5.41, 5.74) is -0.305. The summed E-state index contributed by atoms with van der Waals surface area (Å²) in [5.74, 6) is -0.288. The topological polar surface area (TPSA) is 63.4 Å². The number of nitro groups is 1. The minimum absolute atomic E-state index is 0.288. The van der Waals surface area contributed by atoms with Gasteiger partial charge in [0.15, 0.2) is 0 Å². The Balaban J connectivity index is 2.88. The maximum Gasteiger partial charge on any atom is 0.312 e. The Morgan fingerprint density at radius 3 is 2.93 bits per heavy atom. The fourth-order valence-electron chi connectivity index (χ4n) is 1.23. The average Bonchev–Trinajstić information content (AvgIpc) is 2.59. The Labute approximate surface area is 88.4 Å². The van der Waals surface area contributed by atoms with E-state index in [2.05, 4.69) is 12.6 Å². The summed E-state index contributed by atoms with van der Waals surface area (Å²) in [7, 11) is 0. The average molecular weight is 227 g/mol. The number of aromatic hydroxyl groups is 1. The lowest BCUT2D eigenvalue weighted by molar-refractivity contribution is -0.385. The number of hydrogen-bond acceptors (Lipinski definition) is 5. The smallest absolute Gasteiger partial charge is 0.312 e. The summed E-state index contributed by atoms with van der Waals surface area (Å²) >= 11 is 5.51. The minimum Gasteiger partial charge on any atom is -0.502 e. The summed E-state index contributed by atoms with van der Waals surface area (Å²) in [6, 6.07) is 2.90. The third-order valence-corrected chi connectivity index (χ3v) is 3.32. The van der Waals surface area contributed by atoms with Gasteiger partial charge >= 0.3 is 5.69 Å². The van der Waals surface area contributed by atoms with Crippen LogP contribution in [0.25, 0.3) is 10.1 Å². The summed E-state index contributed by atoms with van der Waals surface area (Å²) < 4.78 is 0.761. The number of phenolic OH excluding ortho intramolecular Hbond substituents is 1. The van der Waals surface area contributed by atoms with E-state index in [-0.39, 0.29) is 11.4 Å². The fraction of sp³-hybridized carbons (Fsp3) is 0. The van der Waals surface area contributed by atoms with Crippen molar-refractivity contribution in [2.45, 2.75) is 4.90 Å². The van der Waals surface area contributed by atoms with E-state index in [1.807, 2.05) is 0 Å². The number of hydrogen-bond donors (Lipinski definition) is 2.